The van der Waals surface area contributed by atoms with Gasteiger partial charge in [0.2, 0.25) is 0 Å². The van der Waals surface area contributed by atoms with Crippen LogP contribution in [0.1, 0.15) is 35.5 Å². The molecule has 0 bridgehead atoms. The van der Waals surface area contributed by atoms with E-state index in [1.807, 2.05) is 53.4 Å². The summed E-state index contributed by atoms with van der Waals surface area (Å²) in [6.45, 7) is 11.5. The van der Waals surface area contributed by atoms with E-state index in [9.17, 15) is 4.79 Å². The zero-order chi connectivity index (χ0) is 25.9. The molecule has 1 fully saturated rings. The van der Waals surface area contributed by atoms with Crippen LogP contribution < -0.4 is 4.90 Å². The lowest BCUT2D eigenvalue weighted by Crippen LogP contribution is -2.45. The predicted octanol–water partition coefficient (Wildman–Crippen LogP) is 5.38. The first-order valence-electron chi connectivity index (χ1n) is 13.3. The maximum atomic E-state index is 13.9. The van der Waals surface area contributed by atoms with Gasteiger partial charge in [-0.2, -0.15) is 5.10 Å². The van der Waals surface area contributed by atoms with Crippen LogP contribution in [0, 0.1) is 12.8 Å². The number of carbonyl (C=O) groups excluding carboxylic acids is 1. The van der Waals surface area contributed by atoms with E-state index < -0.39 is 0 Å². The second kappa shape index (κ2) is 10.8. The molecule has 2 heterocycles. The number of aromatic nitrogens is 2. The molecule has 4 aromatic rings. The number of piperazine rings is 1. The lowest BCUT2D eigenvalue weighted by Gasteiger charge is -2.35. The monoisotopic (exact) mass is 495 g/mol. The van der Waals surface area contributed by atoms with E-state index in [1.165, 1.54) is 0 Å². The Morgan fingerprint density at radius 1 is 0.919 bits per heavy atom. The van der Waals surface area contributed by atoms with Gasteiger partial charge in [-0.15, -0.1) is 0 Å². The van der Waals surface area contributed by atoms with Gasteiger partial charge >= 0.3 is 0 Å². The number of benzene rings is 3. The van der Waals surface area contributed by atoms with Crippen molar-refractivity contribution < 1.29 is 4.79 Å². The molecule has 1 amide bonds. The molecule has 1 saturated heterocycles. The lowest BCUT2D eigenvalue weighted by atomic mass is 10.0. The number of amides is 1. The summed E-state index contributed by atoms with van der Waals surface area (Å²) >= 11 is 0. The molecule has 1 aliphatic heterocycles. The Labute approximate surface area is 220 Å². The molecule has 0 unspecified atom stereocenters. The molecule has 0 atom stereocenters. The highest BCUT2D eigenvalue weighted by atomic mass is 16.2. The van der Waals surface area contributed by atoms with Gasteiger partial charge in [-0.25, -0.2) is 4.68 Å². The minimum Gasteiger partial charge on any atom is -0.354 e. The first-order chi connectivity index (χ1) is 17.9. The summed E-state index contributed by atoms with van der Waals surface area (Å²) in [5, 5.41) is 7.24. The standard InChI is InChI=1S/C31H37N5O/c1-23(2)21-35(31(37)27-15-14-25-10-8-9-11-26(25)20-27)22-29-24(3)32-36(28-12-6-5-7-13-28)30(29)34-18-16-33(4)17-19-34/h5-15,20,23H,16-19,21-22H2,1-4H3. The van der Waals surface area contributed by atoms with Crippen molar-refractivity contribution >= 4 is 22.5 Å². The number of para-hydroxylation sites is 1. The Morgan fingerprint density at radius 2 is 1.59 bits per heavy atom. The first-order valence-corrected chi connectivity index (χ1v) is 13.3. The highest BCUT2D eigenvalue weighted by Crippen LogP contribution is 2.30. The van der Waals surface area contributed by atoms with Gasteiger partial charge in [0.25, 0.3) is 5.91 Å². The van der Waals surface area contributed by atoms with Crippen LogP contribution in [0.15, 0.2) is 72.8 Å². The average molecular weight is 496 g/mol. The molecule has 6 nitrogen and oxygen atoms in total. The Morgan fingerprint density at radius 3 is 2.30 bits per heavy atom. The van der Waals surface area contributed by atoms with Crippen molar-refractivity contribution in [3.63, 3.8) is 0 Å². The third-order valence-electron chi connectivity index (χ3n) is 7.18. The van der Waals surface area contributed by atoms with E-state index >= 15 is 0 Å². The Kier molecular flexibility index (Phi) is 7.28. The van der Waals surface area contributed by atoms with Crippen LogP contribution in [-0.4, -0.2) is 65.3 Å². The average Bonchev–Trinajstić information content (AvgIpc) is 3.24. The molecule has 0 aliphatic carbocycles. The number of hydrogen-bond donors (Lipinski definition) is 0. The fraction of sp³-hybridized carbons (Fsp3) is 0.355. The number of likely N-dealkylation sites (N-methyl/N-ethyl adjacent to an activating group) is 1. The van der Waals surface area contributed by atoms with Gasteiger partial charge in [0, 0.05) is 43.9 Å². The fourth-order valence-electron chi connectivity index (χ4n) is 5.18. The molecule has 0 N–H and O–H groups in total. The summed E-state index contributed by atoms with van der Waals surface area (Å²) in [5.41, 5.74) is 3.87. The third-order valence-corrected chi connectivity index (χ3v) is 7.18. The zero-order valence-corrected chi connectivity index (χ0v) is 22.4. The summed E-state index contributed by atoms with van der Waals surface area (Å²) in [6, 6.07) is 24.6. The Balaban J connectivity index is 1.54. The summed E-state index contributed by atoms with van der Waals surface area (Å²) < 4.78 is 2.07. The van der Waals surface area contributed by atoms with Crippen molar-refractivity contribution in [1.29, 1.82) is 0 Å². The highest BCUT2D eigenvalue weighted by molar-refractivity contribution is 5.98. The van der Waals surface area contributed by atoms with Gasteiger partial charge in [0.05, 0.1) is 17.9 Å². The molecule has 0 saturated carbocycles. The van der Waals surface area contributed by atoms with Crippen molar-refractivity contribution in [2.45, 2.75) is 27.3 Å². The van der Waals surface area contributed by atoms with E-state index in [0.717, 1.165) is 65.3 Å². The molecule has 0 spiro atoms. The number of rotatable bonds is 7. The number of anilines is 1. The number of hydrogen-bond acceptors (Lipinski definition) is 4. The van der Waals surface area contributed by atoms with Crippen LogP contribution in [0.3, 0.4) is 0 Å². The number of fused-ring (bicyclic) bond motifs is 1. The quantitative estimate of drug-likeness (QED) is 0.345. The summed E-state index contributed by atoms with van der Waals surface area (Å²) in [5.74, 6) is 1.52. The molecule has 1 aliphatic rings. The van der Waals surface area contributed by atoms with E-state index in [4.69, 9.17) is 5.10 Å². The lowest BCUT2D eigenvalue weighted by molar-refractivity contribution is 0.0722. The van der Waals surface area contributed by atoms with E-state index in [1.54, 1.807) is 0 Å². The Bertz CT molecular complexity index is 1370. The third kappa shape index (κ3) is 5.39. The van der Waals surface area contributed by atoms with Crippen LogP contribution >= 0.6 is 0 Å². The molecule has 3 aromatic carbocycles. The van der Waals surface area contributed by atoms with Crippen molar-refractivity contribution in [2.75, 3.05) is 44.7 Å². The summed E-state index contributed by atoms with van der Waals surface area (Å²) in [7, 11) is 2.17. The normalized spacial score (nSPS) is 14.5. The molecule has 0 radical (unpaired) electrons. The van der Waals surface area contributed by atoms with E-state index in [2.05, 4.69) is 66.6 Å². The molecule has 37 heavy (non-hydrogen) atoms. The molecule has 1 aromatic heterocycles. The predicted molar refractivity (Wildman–Crippen MR) is 152 cm³/mol. The van der Waals surface area contributed by atoms with E-state index in [-0.39, 0.29) is 5.91 Å². The van der Waals surface area contributed by atoms with Gasteiger partial charge < -0.3 is 14.7 Å². The summed E-state index contributed by atoms with van der Waals surface area (Å²) in [6.07, 6.45) is 0. The van der Waals surface area contributed by atoms with Crippen LogP contribution in [0.25, 0.3) is 16.5 Å². The van der Waals surface area contributed by atoms with E-state index in [0.29, 0.717) is 19.0 Å². The number of aryl methyl sites for hydroxylation is 1. The van der Waals surface area contributed by atoms with Crippen LogP contribution in [0.2, 0.25) is 0 Å². The van der Waals surface area contributed by atoms with Crippen LogP contribution in [-0.2, 0) is 6.54 Å². The second-order valence-corrected chi connectivity index (χ2v) is 10.6. The molecule has 5 rings (SSSR count). The summed E-state index contributed by atoms with van der Waals surface area (Å²) in [4.78, 5) is 20.7. The van der Waals surface area contributed by atoms with Crippen LogP contribution in [0.5, 0.6) is 0 Å². The van der Waals surface area contributed by atoms with Crippen molar-refractivity contribution in [3.8, 4) is 5.69 Å². The maximum absolute atomic E-state index is 13.9. The topological polar surface area (TPSA) is 44.6 Å². The smallest absolute Gasteiger partial charge is 0.254 e. The van der Waals surface area contributed by atoms with Crippen molar-refractivity contribution in [1.82, 2.24) is 19.6 Å². The molecular weight excluding hydrogens is 458 g/mol. The highest BCUT2D eigenvalue weighted by Gasteiger charge is 2.28. The second-order valence-electron chi connectivity index (χ2n) is 10.6. The van der Waals surface area contributed by atoms with Gasteiger partial charge in [0.1, 0.15) is 5.82 Å². The zero-order valence-electron chi connectivity index (χ0n) is 22.4. The Hall–Kier alpha value is -3.64. The molecule has 6 heteroatoms. The first kappa shape index (κ1) is 25.0. The van der Waals surface area contributed by atoms with Gasteiger partial charge in [-0.1, -0.05) is 62.4 Å². The minimum atomic E-state index is 0.0654. The van der Waals surface area contributed by atoms with Crippen molar-refractivity contribution in [3.05, 3.63) is 89.6 Å². The van der Waals surface area contributed by atoms with Gasteiger partial charge in [0.15, 0.2) is 0 Å². The molecular formula is C31H37N5O. The number of nitrogens with zero attached hydrogens (tertiary/aromatic N) is 5. The largest absolute Gasteiger partial charge is 0.354 e. The van der Waals surface area contributed by atoms with Crippen molar-refractivity contribution in [2.24, 2.45) is 5.92 Å². The van der Waals surface area contributed by atoms with Gasteiger partial charge in [-0.05, 0) is 54.9 Å². The SMILES string of the molecule is Cc1nn(-c2ccccc2)c(N2CCN(C)CC2)c1CN(CC(C)C)C(=O)c1ccc2ccccc2c1. The number of carbonyl (C=O) groups is 1. The fourth-order valence-corrected chi connectivity index (χ4v) is 5.18. The molecule has 192 valence electrons. The maximum Gasteiger partial charge on any atom is 0.254 e. The minimum absolute atomic E-state index is 0.0654. The van der Waals surface area contributed by atoms with Crippen LogP contribution in [0.4, 0.5) is 5.82 Å². The van der Waals surface area contributed by atoms with Gasteiger partial charge in [-0.3, -0.25) is 4.79 Å².